The summed E-state index contributed by atoms with van der Waals surface area (Å²) in [6, 6.07) is 3.70. The van der Waals surface area contributed by atoms with Gasteiger partial charge in [0.25, 0.3) is 0 Å². The van der Waals surface area contributed by atoms with Gasteiger partial charge in [-0.2, -0.15) is 4.31 Å². The Kier molecular flexibility index (Phi) is 6.27. The van der Waals surface area contributed by atoms with Gasteiger partial charge in [0.05, 0.1) is 4.90 Å². The third-order valence-electron chi connectivity index (χ3n) is 4.80. The van der Waals surface area contributed by atoms with Crippen LogP contribution in [0.5, 0.6) is 0 Å². The van der Waals surface area contributed by atoms with E-state index in [1.165, 1.54) is 4.31 Å². The van der Waals surface area contributed by atoms with E-state index < -0.39 is 10.0 Å². The van der Waals surface area contributed by atoms with Gasteiger partial charge in [0.15, 0.2) is 0 Å². The number of carbonyl (C=O) groups is 1. The highest BCUT2D eigenvalue weighted by Gasteiger charge is 2.29. The summed E-state index contributed by atoms with van der Waals surface area (Å²) in [5.74, 6) is 0.436. The van der Waals surface area contributed by atoms with E-state index in [1.807, 2.05) is 45.6 Å². The van der Waals surface area contributed by atoms with Crippen LogP contribution in [-0.2, 0) is 14.8 Å². The highest BCUT2D eigenvalue weighted by Crippen LogP contribution is 2.24. The fraction of sp³-hybridized carbons (Fsp3) is 0.632. The molecule has 0 atom stereocenters. The fourth-order valence-electron chi connectivity index (χ4n) is 3.21. The second-order valence-corrected chi connectivity index (χ2v) is 9.34. The number of sulfonamides is 1. The highest BCUT2D eigenvalue weighted by molar-refractivity contribution is 7.89. The summed E-state index contributed by atoms with van der Waals surface area (Å²) in [7, 11) is -3.53. The van der Waals surface area contributed by atoms with Gasteiger partial charge in [-0.3, -0.25) is 4.79 Å². The van der Waals surface area contributed by atoms with Crippen molar-refractivity contribution in [2.75, 3.05) is 26.2 Å². The number of carbonyl (C=O) groups excluding carboxylic acids is 1. The number of amides is 1. The monoisotopic (exact) mass is 366 g/mol. The lowest BCUT2D eigenvalue weighted by atomic mass is 10.1. The lowest BCUT2D eigenvalue weighted by Crippen LogP contribution is -2.37. The van der Waals surface area contributed by atoms with Crippen LogP contribution in [0, 0.1) is 26.7 Å². The molecule has 0 radical (unpaired) electrons. The molecule has 1 aromatic rings. The third kappa shape index (κ3) is 4.61. The summed E-state index contributed by atoms with van der Waals surface area (Å²) in [4.78, 5) is 14.5. The third-order valence-corrected chi connectivity index (χ3v) is 6.84. The number of rotatable bonds is 4. The van der Waals surface area contributed by atoms with E-state index in [0.717, 1.165) is 16.7 Å². The van der Waals surface area contributed by atoms with E-state index in [0.29, 0.717) is 49.8 Å². The summed E-state index contributed by atoms with van der Waals surface area (Å²) in [5, 5.41) is 0. The molecule has 1 amide bonds. The van der Waals surface area contributed by atoms with Crippen molar-refractivity contribution in [3.8, 4) is 0 Å². The first kappa shape index (κ1) is 19.9. The summed E-state index contributed by atoms with van der Waals surface area (Å²) in [6.45, 7) is 11.7. The fourth-order valence-corrected chi connectivity index (χ4v) is 4.97. The van der Waals surface area contributed by atoms with E-state index in [9.17, 15) is 13.2 Å². The first-order valence-electron chi connectivity index (χ1n) is 8.98. The zero-order chi connectivity index (χ0) is 18.8. The molecule has 0 N–H and O–H groups in total. The van der Waals surface area contributed by atoms with Gasteiger partial charge in [-0.15, -0.1) is 0 Å². The van der Waals surface area contributed by atoms with Crippen LogP contribution in [0.3, 0.4) is 0 Å². The smallest absolute Gasteiger partial charge is 0.243 e. The predicted molar refractivity (Wildman–Crippen MR) is 100 cm³/mol. The molecule has 0 aliphatic carbocycles. The van der Waals surface area contributed by atoms with Crippen molar-refractivity contribution in [2.45, 2.75) is 52.4 Å². The average molecular weight is 367 g/mol. The topological polar surface area (TPSA) is 57.7 Å². The number of benzene rings is 1. The standard InChI is InChI=1S/C19H30N2O3S/c1-14(2)11-19(22)20-7-6-8-21(10-9-20)25(23,24)18-13-16(4)15(3)12-17(18)5/h12-14H,6-11H2,1-5H3. The predicted octanol–water partition coefficient (Wildman–Crippen LogP) is 2.88. The van der Waals surface area contributed by atoms with Crippen LogP contribution in [0.25, 0.3) is 0 Å². The summed E-state index contributed by atoms with van der Waals surface area (Å²) >= 11 is 0. The summed E-state index contributed by atoms with van der Waals surface area (Å²) < 4.78 is 27.7. The molecule has 1 aliphatic rings. The molecular weight excluding hydrogens is 336 g/mol. The van der Waals surface area contributed by atoms with Gasteiger partial charge in [-0.25, -0.2) is 8.42 Å². The number of hydrogen-bond acceptors (Lipinski definition) is 3. The van der Waals surface area contributed by atoms with Crippen molar-refractivity contribution in [1.29, 1.82) is 0 Å². The largest absolute Gasteiger partial charge is 0.341 e. The maximum absolute atomic E-state index is 13.1. The van der Waals surface area contributed by atoms with Crippen LogP contribution >= 0.6 is 0 Å². The molecule has 0 bridgehead atoms. The molecule has 2 rings (SSSR count). The van der Waals surface area contributed by atoms with E-state index in [-0.39, 0.29) is 5.91 Å². The zero-order valence-corrected chi connectivity index (χ0v) is 16.8. The SMILES string of the molecule is Cc1cc(C)c(S(=O)(=O)N2CCCN(C(=O)CC(C)C)CC2)cc1C. The minimum atomic E-state index is -3.53. The molecule has 0 aromatic heterocycles. The second-order valence-electron chi connectivity index (χ2n) is 7.44. The van der Waals surface area contributed by atoms with E-state index >= 15 is 0 Å². The molecule has 0 unspecified atom stereocenters. The number of nitrogens with zero attached hydrogens (tertiary/aromatic N) is 2. The van der Waals surface area contributed by atoms with Crippen molar-refractivity contribution in [1.82, 2.24) is 9.21 Å². The first-order chi connectivity index (χ1) is 11.6. The maximum Gasteiger partial charge on any atom is 0.243 e. The Bertz CT molecular complexity index is 741. The molecule has 1 aliphatic heterocycles. The van der Waals surface area contributed by atoms with Crippen LogP contribution in [0.4, 0.5) is 0 Å². The Morgan fingerprint density at radius 1 is 1.00 bits per heavy atom. The Hall–Kier alpha value is -1.40. The minimum absolute atomic E-state index is 0.122. The van der Waals surface area contributed by atoms with E-state index in [2.05, 4.69) is 0 Å². The molecule has 1 heterocycles. The Labute approximate surface area is 152 Å². The van der Waals surface area contributed by atoms with Gasteiger partial charge in [0, 0.05) is 32.6 Å². The molecular formula is C19H30N2O3S. The van der Waals surface area contributed by atoms with Gasteiger partial charge >= 0.3 is 0 Å². The normalized spacial score (nSPS) is 17.0. The number of hydrogen-bond donors (Lipinski definition) is 0. The van der Waals surface area contributed by atoms with Gasteiger partial charge in [0.2, 0.25) is 15.9 Å². The molecule has 1 fully saturated rings. The van der Waals surface area contributed by atoms with E-state index in [4.69, 9.17) is 0 Å². The van der Waals surface area contributed by atoms with Crippen LogP contribution in [0.2, 0.25) is 0 Å². The van der Waals surface area contributed by atoms with Gasteiger partial charge < -0.3 is 4.90 Å². The van der Waals surface area contributed by atoms with Crippen molar-refractivity contribution in [2.24, 2.45) is 5.92 Å². The van der Waals surface area contributed by atoms with Gasteiger partial charge in [-0.05, 0) is 55.9 Å². The zero-order valence-electron chi connectivity index (χ0n) is 16.0. The molecule has 25 heavy (non-hydrogen) atoms. The van der Waals surface area contributed by atoms with Crippen molar-refractivity contribution < 1.29 is 13.2 Å². The molecule has 6 heteroatoms. The summed E-state index contributed by atoms with van der Waals surface area (Å²) in [5.41, 5.74) is 2.85. The molecule has 0 spiro atoms. The van der Waals surface area contributed by atoms with Crippen molar-refractivity contribution in [3.05, 3.63) is 28.8 Å². The molecule has 1 aromatic carbocycles. The Balaban J connectivity index is 2.19. The van der Waals surface area contributed by atoms with Crippen LogP contribution in [-0.4, -0.2) is 49.7 Å². The molecule has 1 saturated heterocycles. The highest BCUT2D eigenvalue weighted by atomic mass is 32.2. The quantitative estimate of drug-likeness (QED) is 0.823. The lowest BCUT2D eigenvalue weighted by molar-refractivity contribution is -0.131. The second kappa shape index (κ2) is 7.87. The maximum atomic E-state index is 13.1. The molecule has 0 saturated carbocycles. The molecule has 5 nitrogen and oxygen atoms in total. The van der Waals surface area contributed by atoms with Crippen LogP contribution < -0.4 is 0 Å². The molecule has 140 valence electrons. The van der Waals surface area contributed by atoms with Crippen molar-refractivity contribution in [3.63, 3.8) is 0 Å². The minimum Gasteiger partial charge on any atom is -0.341 e. The number of aryl methyl sites for hydroxylation is 3. The lowest BCUT2D eigenvalue weighted by Gasteiger charge is -2.23. The van der Waals surface area contributed by atoms with Crippen LogP contribution in [0.1, 0.15) is 43.4 Å². The average Bonchev–Trinajstić information content (AvgIpc) is 2.76. The Morgan fingerprint density at radius 3 is 2.28 bits per heavy atom. The van der Waals surface area contributed by atoms with Gasteiger partial charge in [-0.1, -0.05) is 19.9 Å². The van der Waals surface area contributed by atoms with E-state index in [1.54, 1.807) is 6.07 Å². The Morgan fingerprint density at radius 2 is 1.64 bits per heavy atom. The van der Waals surface area contributed by atoms with Gasteiger partial charge in [0.1, 0.15) is 0 Å². The summed E-state index contributed by atoms with van der Waals surface area (Å²) in [6.07, 6.45) is 1.19. The van der Waals surface area contributed by atoms with Crippen molar-refractivity contribution >= 4 is 15.9 Å². The first-order valence-corrected chi connectivity index (χ1v) is 10.4. The van der Waals surface area contributed by atoms with Crippen LogP contribution in [0.15, 0.2) is 17.0 Å².